The van der Waals surface area contributed by atoms with E-state index in [1.807, 2.05) is 6.07 Å². The summed E-state index contributed by atoms with van der Waals surface area (Å²) in [5.74, 6) is 0.839. The molecule has 0 saturated heterocycles. The van der Waals surface area contributed by atoms with Gasteiger partial charge in [0.25, 0.3) is 0 Å². The Bertz CT molecular complexity index is 271. The minimum Gasteiger partial charge on any atom is -0.390 e. The molecule has 0 spiro atoms. The first-order valence-corrected chi connectivity index (χ1v) is 4.29. The van der Waals surface area contributed by atoms with Crippen LogP contribution in [0.4, 0.5) is 0 Å². The number of aliphatic hydroxyl groups excluding tert-OH is 1. The van der Waals surface area contributed by atoms with Crippen molar-refractivity contribution in [1.82, 2.24) is 9.97 Å². The van der Waals surface area contributed by atoms with E-state index in [9.17, 15) is 0 Å². The molecule has 64 valence electrons. The Hall–Kier alpha value is -0.960. The molecule has 0 atom stereocenters. The van der Waals surface area contributed by atoms with Gasteiger partial charge in [0, 0.05) is 5.69 Å². The monoisotopic (exact) mass is 164 g/mol. The minimum atomic E-state index is 0.0141. The third-order valence-corrected chi connectivity index (χ3v) is 2.14. The summed E-state index contributed by atoms with van der Waals surface area (Å²) in [6.45, 7) is 0.0141. The largest absolute Gasteiger partial charge is 0.390 e. The Morgan fingerprint density at radius 3 is 2.75 bits per heavy atom. The summed E-state index contributed by atoms with van der Waals surface area (Å²) in [6, 6.07) is 1.89. The number of rotatable bonds is 3. The van der Waals surface area contributed by atoms with Gasteiger partial charge in [0.05, 0.1) is 12.3 Å². The van der Waals surface area contributed by atoms with E-state index in [2.05, 4.69) is 9.97 Å². The fourth-order valence-corrected chi connectivity index (χ4v) is 1.26. The highest BCUT2D eigenvalue weighted by Gasteiger charge is 2.21. The van der Waals surface area contributed by atoms with Crippen molar-refractivity contribution in [3.63, 3.8) is 0 Å². The summed E-state index contributed by atoms with van der Waals surface area (Å²) in [5, 5.41) is 8.82. The molecule has 3 nitrogen and oxygen atoms in total. The Balaban J connectivity index is 2.08. The van der Waals surface area contributed by atoms with E-state index in [4.69, 9.17) is 5.11 Å². The van der Waals surface area contributed by atoms with Crippen molar-refractivity contribution in [3.05, 3.63) is 23.8 Å². The predicted molar refractivity (Wildman–Crippen MR) is 44.4 cm³/mol. The zero-order chi connectivity index (χ0) is 8.39. The van der Waals surface area contributed by atoms with Crippen molar-refractivity contribution in [1.29, 1.82) is 0 Å². The van der Waals surface area contributed by atoms with E-state index in [0.29, 0.717) is 0 Å². The van der Waals surface area contributed by atoms with E-state index in [-0.39, 0.29) is 6.61 Å². The third kappa shape index (κ3) is 1.80. The highest BCUT2D eigenvalue weighted by atomic mass is 16.3. The van der Waals surface area contributed by atoms with Crippen molar-refractivity contribution in [2.75, 3.05) is 0 Å². The summed E-state index contributed by atoms with van der Waals surface area (Å²) >= 11 is 0. The van der Waals surface area contributed by atoms with Crippen LogP contribution in [0, 0.1) is 5.92 Å². The maximum absolute atomic E-state index is 8.82. The highest BCUT2D eigenvalue weighted by molar-refractivity contribution is 5.09. The molecule has 1 aromatic rings. The lowest BCUT2D eigenvalue weighted by atomic mass is 10.2. The van der Waals surface area contributed by atoms with E-state index < -0.39 is 0 Å². The van der Waals surface area contributed by atoms with Crippen LogP contribution in [0.3, 0.4) is 0 Å². The van der Waals surface area contributed by atoms with Gasteiger partial charge in [-0.2, -0.15) is 0 Å². The number of aliphatic hydroxyl groups is 1. The molecule has 0 aromatic carbocycles. The van der Waals surface area contributed by atoms with Gasteiger partial charge in [-0.15, -0.1) is 0 Å². The molecule has 1 aliphatic rings. The number of aromatic nitrogens is 2. The molecule has 1 fully saturated rings. The molecule has 1 N–H and O–H groups in total. The van der Waals surface area contributed by atoms with Crippen molar-refractivity contribution >= 4 is 0 Å². The third-order valence-electron chi connectivity index (χ3n) is 2.14. The van der Waals surface area contributed by atoms with Crippen molar-refractivity contribution in [2.24, 2.45) is 5.92 Å². The lowest BCUT2D eigenvalue weighted by molar-refractivity contribution is 0.276. The van der Waals surface area contributed by atoms with Crippen molar-refractivity contribution in [2.45, 2.75) is 25.9 Å². The van der Waals surface area contributed by atoms with Crippen molar-refractivity contribution in [3.8, 4) is 0 Å². The summed E-state index contributed by atoms with van der Waals surface area (Å²) in [5.41, 5.74) is 1.79. The minimum absolute atomic E-state index is 0.0141. The first kappa shape index (κ1) is 7.68. The van der Waals surface area contributed by atoms with Gasteiger partial charge >= 0.3 is 0 Å². The summed E-state index contributed by atoms with van der Waals surface area (Å²) in [7, 11) is 0. The standard InChI is InChI=1S/C9H12N2O/c12-5-9-4-8(10-6-11-9)3-7-1-2-7/h4,6-7,12H,1-3,5H2. The van der Waals surface area contributed by atoms with Gasteiger partial charge in [0.1, 0.15) is 6.33 Å². The van der Waals surface area contributed by atoms with Crippen LogP contribution in [0.25, 0.3) is 0 Å². The van der Waals surface area contributed by atoms with Gasteiger partial charge in [-0.25, -0.2) is 9.97 Å². The Labute approximate surface area is 71.5 Å². The number of hydrogen-bond donors (Lipinski definition) is 1. The molecule has 12 heavy (non-hydrogen) atoms. The fraction of sp³-hybridized carbons (Fsp3) is 0.556. The summed E-state index contributed by atoms with van der Waals surface area (Å²) in [6.07, 6.45) is 5.25. The van der Waals surface area contributed by atoms with Crippen LogP contribution in [0.15, 0.2) is 12.4 Å². The topological polar surface area (TPSA) is 46.0 Å². The second-order valence-corrected chi connectivity index (χ2v) is 3.31. The summed E-state index contributed by atoms with van der Waals surface area (Å²) < 4.78 is 0. The van der Waals surface area contributed by atoms with Crippen LogP contribution < -0.4 is 0 Å². The highest BCUT2D eigenvalue weighted by Crippen LogP contribution is 2.31. The van der Waals surface area contributed by atoms with Crippen LogP contribution >= 0.6 is 0 Å². The van der Waals surface area contributed by atoms with E-state index >= 15 is 0 Å². The number of hydrogen-bond acceptors (Lipinski definition) is 3. The zero-order valence-electron chi connectivity index (χ0n) is 6.90. The van der Waals surface area contributed by atoms with Crippen LogP contribution in [-0.4, -0.2) is 15.1 Å². The van der Waals surface area contributed by atoms with Gasteiger partial charge < -0.3 is 5.11 Å². The smallest absolute Gasteiger partial charge is 0.116 e. The molecule has 0 amide bonds. The molecule has 1 aliphatic carbocycles. The van der Waals surface area contributed by atoms with E-state index in [0.717, 1.165) is 23.7 Å². The molecule has 1 aromatic heterocycles. The molecule has 2 rings (SSSR count). The molecular formula is C9H12N2O. The SMILES string of the molecule is OCc1cc(CC2CC2)ncn1. The second kappa shape index (κ2) is 3.19. The van der Waals surface area contributed by atoms with Crippen LogP contribution in [-0.2, 0) is 13.0 Å². The fourth-order valence-electron chi connectivity index (χ4n) is 1.26. The summed E-state index contributed by atoms with van der Waals surface area (Å²) in [4.78, 5) is 8.07. The van der Waals surface area contributed by atoms with Gasteiger partial charge in [-0.1, -0.05) is 0 Å². The first-order chi connectivity index (χ1) is 5.88. The van der Waals surface area contributed by atoms with Crippen LogP contribution in [0.5, 0.6) is 0 Å². The number of nitrogens with zero attached hydrogens (tertiary/aromatic N) is 2. The molecule has 1 saturated carbocycles. The van der Waals surface area contributed by atoms with Gasteiger partial charge in [-0.3, -0.25) is 0 Å². The molecule has 0 aliphatic heterocycles. The van der Waals surface area contributed by atoms with Crippen molar-refractivity contribution < 1.29 is 5.11 Å². The molecule has 1 heterocycles. The zero-order valence-corrected chi connectivity index (χ0v) is 6.90. The van der Waals surface area contributed by atoms with E-state index in [1.165, 1.54) is 19.2 Å². The van der Waals surface area contributed by atoms with E-state index in [1.54, 1.807) is 0 Å². The average molecular weight is 164 g/mol. The first-order valence-electron chi connectivity index (χ1n) is 4.29. The molecule has 3 heteroatoms. The molecular weight excluding hydrogens is 152 g/mol. The van der Waals surface area contributed by atoms with Gasteiger partial charge in [0.15, 0.2) is 0 Å². The Morgan fingerprint density at radius 1 is 1.33 bits per heavy atom. The molecule has 0 unspecified atom stereocenters. The quantitative estimate of drug-likeness (QED) is 0.722. The normalized spacial score (nSPS) is 16.4. The lowest BCUT2D eigenvalue weighted by Crippen LogP contribution is -1.96. The van der Waals surface area contributed by atoms with Crippen LogP contribution in [0.2, 0.25) is 0 Å². The Kier molecular flexibility index (Phi) is 2.04. The predicted octanol–water partition coefficient (Wildman–Crippen LogP) is 0.921. The average Bonchev–Trinajstić information content (AvgIpc) is 2.89. The lowest BCUT2D eigenvalue weighted by Gasteiger charge is -1.99. The second-order valence-electron chi connectivity index (χ2n) is 3.31. The maximum atomic E-state index is 8.82. The van der Waals surface area contributed by atoms with Crippen LogP contribution in [0.1, 0.15) is 24.2 Å². The molecule has 0 bridgehead atoms. The maximum Gasteiger partial charge on any atom is 0.116 e. The van der Waals surface area contributed by atoms with Gasteiger partial charge in [-0.05, 0) is 31.2 Å². The van der Waals surface area contributed by atoms with Gasteiger partial charge in [0.2, 0.25) is 0 Å². The Morgan fingerprint density at radius 2 is 2.08 bits per heavy atom. The molecule has 0 radical (unpaired) electrons.